The molecule has 0 amide bonds. The molecule has 0 aliphatic heterocycles. The monoisotopic (exact) mass is 301 g/mol. The van der Waals surface area contributed by atoms with E-state index in [-0.39, 0.29) is 5.91 Å². The molecule has 0 unspecified atom stereocenters. The normalized spacial score (nSPS) is 11.0. The van der Waals surface area contributed by atoms with Gasteiger partial charge in [0.1, 0.15) is 0 Å². The van der Waals surface area contributed by atoms with Gasteiger partial charge in [0.15, 0.2) is 0 Å². The van der Waals surface area contributed by atoms with E-state index in [1.807, 2.05) is 66.9 Å². The van der Waals surface area contributed by atoms with E-state index >= 15 is 0 Å². The summed E-state index contributed by atoms with van der Waals surface area (Å²) in [6.07, 6.45) is 1.87. The predicted molar refractivity (Wildman–Crippen MR) is 91.3 cm³/mol. The first-order valence-electron chi connectivity index (χ1n) is 7.46. The summed E-state index contributed by atoms with van der Waals surface area (Å²) in [5.41, 5.74) is 4.74. The molecule has 4 heteroatoms. The van der Waals surface area contributed by atoms with Crippen LogP contribution in [0.2, 0.25) is 0 Å². The van der Waals surface area contributed by atoms with Crippen LogP contribution < -0.4 is 0 Å². The third-order valence-electron chi connectivity index (χ3n) is 3.99. The van der Waals surface area contributed by atoms with Gasteiger partial charge in [-0.05, 0) is 12.1 Å². The lowest BCUT2D eigenvalue weighted by Gasteiger charge is -1.96. The second-order valence-corrected chi connectivity index (χ2v) is 5.48. The maximum atomic E-state index is 11.9. The Bertz CT molecular complexity index is 996. The molecular weight excluding hydrogens is 286 g/mol. The molecule has 2 heterocycles. The number of H-pyrrole nitrogens is 1. The Morgan fingerprint density at radius 1 is 1.04 bits per heavy atom. The van der Waals surface area contributed by atoms with E-state index in [9.17, 15) is 4.79 Å². The van der Waals surface area contributed by atoms with Crippen molar-refractivity contribution in [2.45, 2.75) is 6.92 Å². The highest BCUT2D eigenvalue weighted by atomic mass is 16.1. The predicted octanol–water partition coefficient (Wildman–Crippen LogP) is 4.36. The summed E-state index contributed by atoms with van der Waals surface area (Å²) in [4.78, 5) is 11.9. The molecule has 4 nitrogen and oxygen atoms in total. The highest BCUT2D eigenvalue weighted by molar-refractivity contribution is 6.01. The molecule has 0 spiro atoms. The lowest BCUT2D eigenvalue weighted by molar-refractivity contribution is 0.0942. The van der Waals surface area contributed by atoms with E-state index in [4.69, 9.17) is 0 Å². The molecule has 2 aromatic heterocycles. The van der Waals surface area contributed by atoms with Gasteiger partial charge in [-0.3, -0.25) is 14.5 Å². The number of hydrogen-bond acceptors (Lipinski definition) is 2. The molecule has 0 saturated carbocycles. The van der Waals surface area contributed by atoms with E-state index < -0.39 is 0 Å². The summed E-state index contributed by atoms with van der Waals surface area (Å²) < 4.78 is 1.67. The number of nitrogens with one attached hydrogen (secondary N) is 1. The average molecular weight is 301 g/mol. The van der Waals surface area contributed by atoms with Gasteiger partial charge in [-0.25, -0.2) is 0 Å². The van der Waals surface area contributed by atoms with Gasteiger partial charge < -0.3 is 0 Å². The third-order valence-corrected chi connectivity index (χ3v) is 3.99. The zero-order valence-corrected chi connectivity index (χ0v) is 12.7. The van der Waals surface area contributed by atoms with Crippen LogP contribution in [-0.2, 0) is 0 Å². The first kappa shape index (κ1) is 13.5. The van der Waals surface area contributed by atoms with E-state index in [2.05, 4.69) is 10.2 Å². The van der Waals surface area contributed by atoms with Crippen LogP contribution >= 0.6 is 0 Å². The molecular formula is C19H15N3O. The first-order valence-corrected chi connectivity index (χ1v) is 7.46. The molecule has 0 fully saturated rings. The Balaban J connectivity index is 1.87. The fraction of sp³-hybridized carbons (Fsp3) is 0.0526. The van der Waals surface area contributed by atoms with E-state index in [0.29, 0.717) is 0 Å². The average Bonchev–Trinajstić information content (AvgIpc) is 3.20. The van der Waals surface area contributed by atoms with Gasteiger partial charge >= 0.3 is 0 Å². The SMILES string of the molecule is CC(=O)n1cc(-c2cc(-c3ccccc3)n[nH]2)c2ccccc21. The molecule has 0 radical (unpaired) electrons. The number of aromatic amines is 1. The smallest absolute Gasteiger partial charge is 0.227 e. The summed E-state index contributed by atoms with van der Waals surface area (Å²) in [6.45, 7) is 1.57. The maximum absolute atomic E-state index is 11.9. The first-order chi connectivity index (χ1) is 11.2. The molecule has 0 bridgehead atoms. The zero-order valence-electron chi connectivity index (χ0n) is 12.7. The molecule has 2 aromatic carbocycles. The van der Waals surface area contributed by atoms with Crippen molar-refractivity contribution in [2.24, 2.45) is 0 Å². The minimum absolute atomic E-state index is 0.00440. The Morgan fingerprint density at radius 2 is 1.78 bits per heavy atom. The summed E-state index contributed by atoms with van der Waals surface area (Å²) in [6, 6.07) is 19.9. The van der Waals surface area contributed by atoms with Crippen molar-refractivity contribution in [2.75, 3.05) is 0 Å². The lowest BCUT2D eigenvalue weighted by Crippen LogP contribution is -2.02. The number of aromatic nitrogens is 3. The third kappa shape index (κ3) is 2.25. The van der Waals surface area contributed by atoms with Crippen LogP contribution in [0.3, 0.4) is 0 Å². The van der Waals surface area contributed by atoms with Crippen LogP contribution in [0.4, 0.5) is 0 Å². The topological polar surface area (TPSA) is 50.7 Å². The van der Waals surface area contributed by atoms with Crippen LogP contribution in [0.25, 0.3) is 33.4 Å². The molecule has 4 aromatic rings. The van der Waals surface area contributed by atoms with E-state index in [1.165, 1.54) is 0 Å². The Hall–Kier alpha value is -3.14. The fourth-order valence-electron chi connectivity index (χ4n) is 2.87. The molecule has 4 rings (SSSR count). The Labute approximate surface area is 133 Å². The van der Waals surface area contributed by atoms with Gasteiger partial charge in [-0.1, -0.05) is 48.5 Å². The summed E-state index contributed by atoms with van der Waals surface area (Å²) in [5, 5.41) is 8.53. The van der Waals surface area contributed by atoms with Crippen molar-refractivity contribution >= 4 is 16.8 Å². The highest BCUT2D eigenvalue weighted by Gasteiger charge is 2.14. The van der Waals surface area contributed by atoms with Gasteiger partial charge in [0.25, 0.3) is 0 Å². The molecule has 0 aliphatic rings. The number of carbonyl (C=O) groups is 1. The number of hydrogen-bond donors (Lipinski definition) is 1. The van der Waals surface area contributed by atoms with Gasteiger partial charge in [-0.15, -0.1) is 0 Å². The minimum atomic E-state index is -0.00440. The minimum Gasteiger partial charge on any atom is -0.287 e. The van der Waals surface area contributed by atoms with E-state index in [1.54, 1.807) is 11.5 Å². The van der Waals surface area contributed by atoms with Crippen molar-refractivity contribution in [1.82, 2.24) is 14.8 Å². The van der Waals surface area contributed by atoms with Crippen molar-refractivity contribution < 1.29 is 4.79 Å². The summed E-state index contributed by atoms with van der Waals surface area (Å²) in [7, 11) is 0. The number of carbonyl (C=O) groups excluding carboxylic acids is 1. The van der Waals surface area contributed by atoms with Crippen LogP contribution in [0.15, 0.2) is 66.9 Å². The zero-order chi connectivity index (χ0) is 15.8. The molecule has 112 valence electrons. The summed E-state index contributed by atoms with van der Waals surface area (Å²) in [5.74, 6) is -0.00440. The number of rotatable bonds is 2. The van der Waals surface area contributed by atoms with Crippen molar-refractivity contribution in [3.05, 3.63) is 66.9 Å². The second-order valence-electron chi connectivity index (χ2n) is 5.48. The number of para-hydroxylation sites is 1. The number of nitrogens with zero attached hydrogens (tertiary/aromatic N) is 2. The van der Waals surface area contributed by atoms with E-state index in [0.717, 1.165) is 33.4 Å². The maximum Gasteiger partial charge on any atom is 0.227 e. The molecule has 23 heavy (non-hydrogen) atoms. The van der Waals surface area contributed by atoms with Crippen LogP contribution in [0.5, 0.6) is 0 Å². The fourth-order valence-corrected chi connectivity index (χ4v) is 2.87. The van der Waals surface area contributed by atoms with Gasteiger partial charge in [0.2, 0.25) is 5.91 Å². The Kier molecular flexibility index (Phi) is 3.08. The van der Waals surface area contributed by atoms with Crippen LogP contribution in [0.1, 0.15) is 11.7 Å². The van der Waals surface area contributed by atoms with Crippen LogP contribution in [0, 0.1) is 0 Å². The molecule has 0 atom stereocenters. The van der Waals surface area contributed by atoms with Gasteiger partial charge in [0.05, 0.1) is 16.9 Å². The standard InChI is InChI=1S/C19H15N3O/c1-13(23)22-12-16(15-9-5-6-10-19(15)22)18-11-17(20-21-18)14-7-3-2-4-8-14/h2-12H,1H3,(H,20,21). The Morgan fingerprint density at radius 3 is 2.57 bits per heavy atom. The largest absolute Gasteiger partial charge is 0.287 e. The second kappa shape index (κ2) is 5.25. The highest BCUT2D eigenvalue weighted by Crippen LogP contribution is 2.31. The van der Waals surface area contributed by atoms with Crippen LogP contribution in [-0.4, -0.2) is 20.7 Å². The lowest BCUT2D eigenvalue weighted by atomic mass is 10.1. The van der Waals surface area contributed by atoms with Crippen molar-refractivity contribution in [3.8, 4) is 22.5 Å². The molecule has 0 aliphatic carbocycles. The van der Waals surface area contributed by atoms with Crippen molar-refractivity contribution in [1.29, 1.82) is 0 Å². The van der Waals surface area contributed by atoms with Crippen molar-refractivity contribution in [3.63, 3.8) is 0 Å². The quantitative estimate of drug-likeness (QED) is 0.598. The van der Waals surface area contributed by atoms with Gasteiger partial charge in [-0.2, -0.15) is 5.10 Å². The van der Waals surface area contributed by atoms with Gasteiger partial charge in [0, 0.05) is 29.6 Å². The summed E-state index contributed by atoms with van der Waals surface area (Å²) >= 11 is 0. The molecule has 1 N–H and O–H groups in total. The number of fused-ring (bicyclic) bond motifs is 1. The number of benzene rings is 2. The molecule has 0 saturated heterocycles.